The molecule has 10 nitrogen and oxygen atoms in total. The molecule has 1 amide bonds. The zero-order chi connectivity index (χ0) is 21.6. The molecule has 2 fully saturated rings. The van der Waals surface area contributed by atoms with Crippen molar-refractivity contribution >= 4 is 21.4 Å². The third-order valence-electron chi connectivity index (χ3n) is 5.94. The van der Waals surface area contributed by atoms with Gasteiger partial charge in [-0.1, -0.05) is 0 Å². The molecule has 0 aromatic carbocycles. The van der Waals surface area contributed by atoms with Crippen molar-refractivity contribution in [3.05, 3.63) is 23.1 Å². The number of aryl methyl sites for hydroxylation is 2. The summed E-state index contributed by atoms with van der Waals surface area (Å²) in [5.41, 5.74) is 3.40. The van der Waals surface area contributed by atoms with Crippen LogP contribution in [0.3, 0.4) is 0 Å². The van der Waals surface area contributed by atoms with E-state index in [1.165, 1.54) is 7.11 Å². The highest BCUT2D eigenvalue weighted by atomic mass is 32.2. The van der Waals surface area contributed by atoms with E-state index in [4.69, 9.17) is 4.74 Å². The summed E-state index contributed by atoms with van der Waals surface area (Å²) in [5.74, 6) is 0.636. The maximum absolute atomic E-state index is 12.9. The molecule has 0 aliphatic carbocycles. The average molecular weight is 437 g/mol. The van der Waals surface area contributed by atoms with Gasteiger partial charge in [0.1, 0.15) is 5.56 Å². The van der Waals surface area contributed by atoms with Gasteiger partial charge in [-0.05, 0) is 20.3 Å². The molecule has 2 aromatic heterocycles. The Labute approximate surface area is 176 Å². The van der Waals surface area contributed by atoms with Crippen molar-refractivity contribution < 1.29 is 17.9 Å². The van der Waals surface area contributed by atoms with Crippen molar-refractivity contribution in [1.82, 2.24) is 24.5 Å². The van der Waals surface area contributed by atoms with Crippen LogP contribution >= 0.6 is 0 Å². The Hall–Kier alpha value is -2.56. The maximum atomic E-state index is 12.9. The van der Waals surface area contributed by atoms with Crippen LogP contribution in [0.1, 0.15) is 34.2 Å². The highest BCUT2D eigenvalue weighted by Gasteiger charge is 2.33. The fourth-order valence-electron chi connectivity index (χ4n) is 4.50. The Morgan fingerprint density at radius 3 is 2.47 bits per heavy atom. The Morgan fingerprint density at radius 1 is 1.17 bits per heavy atom. The molecule has 4 heterocycles. The Kier molecular flexibility index (Phi) is 5.25. The van der Waals surface area contributed by atoms with Crippen molar-refractivity contribution in [1.29, 1.82) is 0 Å². The summed E-state index contributed by atoms with van der Waals surface area (Å²) in [7, 11) is 0.298. The van der Waals surface area contributed by atoms with Crippen molar-refractivity contribution in [2.45, 2.75) is 26.3 Å². The van der Waals surface area contributed by atoms with Crippen LogP contribution in [0.5, 0.6) is 5.88 Å². The SMILES string of the molecule is COc1nn(C)cc1C(=O)N1CCN(c2c(C)nn([C@H]3CCS(=O)(=O)C3)c2C)CC1. The molecule has 2 aliphatic heterocycles. The van der Waals surface area contributed by atoms with Gasteiger partial charge in [-0.3, -0.25) is 14.2 Å². The van der Waals surface area contributed by atoms with Gasteiger partial charge in [0.15, 0.2) is 9.84 Å². The molecule has 1 atom stereocenters. The number of carbonyl (C=O) groups excluding carboxylic acids is 1. The minimum absolute atomic E-state index is 0.0834. The Balaban J connectivity index is 1.47. The van der Waals surface area contributed by atoms with Gasteiger partial charge in [0, 0.05) is 39.4 Å². The number of ether oxygens (including phenoxy) is 1. The molecule has 164 valence electrons. The molecule has 0 bridgehead atoms. The van der Waals surface area contributed by atoms with Gasteiger partial charge in [-0.15, -0.1) is 5.10 Å². The number of nitrogens with zero attached hydrogens (tertiary/aromatic N) is 6. The van der Waals surface area contributed by atoms with Gasteiger partial charge in [-0.2, -0.15) is 5.10 Å². The number of carbonyl (C=O) groups is 1. The summed E-state index contributed by atoms with van der Waals surface area (Å²) in [6.45, 7) is 6.49. The van der Waals surface area contributed by atoms with Crippen LogP contribution in [-0.2, 0) is 16.9 Å². The molecule has 4 rings (SSSR count). The number of aromatic nitrogens is 4. The van der Waals surface area contributed by atoms with E-state index in [9.17, 15) is 13.2 Å². The van der Waals surface area contributed by atoms with E-state index in [-0.39, 0.29) is 23.5 Å². The maximum Gasteiger partial charge on any atom is 0.261 e. The largest absolute Gasteiger partial charge is 0.479 e. The summed E-state index contributed by atoms with van der Waals surface area (Å²) < 4.78 is 32.4. The monoisotopic (exact) mass is 436 g/mol. The van der Waals surface area contributed by atoms with Crippen molar-refractivity contribution in [2.24, 2.45) is 7.05 Å². The first-order valence-electron chi connectivity index (χ1n) is 10.1. The zero-order valence-corrected chi connectivity index (χ0v) is 18.6. The lowest BCUT2D eigenvalue weighted by Crippen LogP contribution is -2.49. The molecule has 0 unspecified atom stereocenters. The zero-order valence-electron chi connectivity index (χ0n) is 17.8. The summed E-state index contributed by atoms with van der Waals surface area (Å²) in [6.07, 6.45) is 2.29. The molecule has 11 heteroatoms. The first kappa shape index (κ1) is 20.7. The normalized spacial score (nSPS) is 21.3. The summed E-state index contributed by atoms with van der Waals surface area (Å²) in [5, 5.41) is 8.83. The first-order valence-corrected chi connectivity index (χ1v) is 11.9. The standard InChI is InChI=1S/C19H28N6O4S/c1-13-17(14(2)25(20-13)15-5-10-30(27,28)12-15)23-6-8-24(9-7-23)19(26)16-11-22(3)21-18(16)29-4/h11,15H,5-10,12H2,1-4H3/t15-/m0/s1. The predicted octanol–water partition coefficient (Wildman–Crippen LogP) is 0.564. The molecular weight excluding hydrogens is 408 g/mol. The second-order valence-electron chi connectivity index (χ2n) is 8.03. The van der Waals surface area contributed by atoms with E-state index in [1.807, 2.05) is 23.4 Å². The molecule has 0 spiro atoms. The lowest BCUT2D eigenvalue weighted by molar-refractivity contribution is 0.0743. The van der Waals surface area contributed by atoms with Crippen LogP contribution in [0.4, 0.5) is 5.69 Å². The van der Waals surface area contributed by atoms with Crippen LogP contribution in [0.15, 0.2) is 6.20 Å². The number of amides is 1. The molecule has 0 saturated carbocycles. The molecule has 0 radical (unpaired) electrons. The van der Waals surface area contributed by atoms with E-state index in [0.717, 1.165) is 17.1 Å². The fourth-order valence-corrected chi connectivity index (χ4v) is 6.20. The van der Waals surface area contributed by atoms with Crippen LogP contribution in [0.2, 0.25) is 0 Å². The van der Waals surface area contributed by atoms with Crippen LogP contribution in [0.25, 0.3) is 0 Å². The topological polar surface area (TPSA) is 103 Å². The minimum atomic E-state index is -2.97. The fraction of sp³-hybridized carbons (Fsp3) is 0.632. The van der Waals surface area contributed by atoms with E-state index >= 15 is 0 Å². The average Bonchev–Trinajstić information content (AvgIpc) is 3.35. The van der Waals surface area contributed by atoms with E-state index < -0.39 is 9.84 Å². The van der Waals surface area contributed by atoms with Gasteiger partial charge in [0.05, 0.1) is 41.7 Å². The quantitative estimate of drug-likeness (QED) is 0.690. The van der Waals surface area contributed by atoms with Gasteiger partial charge in [0.25, 0.3) is 5.91 Å². The second-order valence-corrected chi connectivity index (χ2v) is 10.3. The van der Waals surface area contributed by atoms with Crippen molar-refractivity contribution in [2.75, 3.05) is 49.7 Å². The molecule has 2 aromatic rings. The molecule has 0 N–H and O–H groups in total. The number of methoxy groups -OCH3 is 1. The van der Waals surface area contributed by atoms with Crippen molar-refractivity contribution in [3.8, 4) is 5.88 Å². The van der Waals surface area contributed by atoms with Crippen LogP contribution in [-0.4, -0.2) is 83.6 Å². The number of rotatable bonds is 4. The molecule has 2 aliphatic rings. The lowest BCUT2D eigenvalue weighted by atomic mass is 10.2. The second kappa shape index (κ2) is 7.60. The highest BCUT2D eigenvalue weighted by Crippen LogP contribution is 2.32. The summed E-state index contributed by atoms with van der Waals surface area (Å²) in [6, 6.07) is -0.0941. The Bertz CT molecular complexity index is 1070. The Morgan fingerprint density at radius 2 is 1.87 bits per heavy atom. The smallest absolute Gasteiger partial charge is 0.261 e. The van der Waals surface area contributed by atoms with Crippen molar-refractivity contribution in [3.63, 3.8) is 0 Å². The number of sulfone groups is 1. The predicted molar refractivity (Wildman–Crippen MR) is 112 cm³/mol. The highest BCUT2D eigenvalue weighted by molar-refractivity contribution is 7.91. The van der Waals surface area contributed by atoms with Gasteiger partial charge < -0.3 is 14.5 Å². The van der Waals surface area contributed by atoms with Gasteiger partial charge in [0.2, 0.25) is 5.88 Å². The molecule has 30 heavy (non-hydrogen) atoms. The number of hydrogen-bond acceptors (Lipinski definition) is 7. The molecule has 2 saturated heterocycles. The number of hydrogen-bond donors (Lipinski definition) is 0. The van der Waals surface area contributed by atoms with E-state index in [1.54, 1.807) is 17.9 Å². The summed E-state index contributed by atoms with van der Waals surface area (Å²) in [4.78, 5) is 17.0. The third-order valence-corrected chi connectivity index (χ3v) is 7.69. The number of anilines is 1. The third kappa shape index (κ3) is 3.66. The van der Waals surface area contributed by atoms with Crippen LogP contribution in [0, 0.1) is 13.8 Å². The van der Waals surface area contributed by atoms with E-state index in [2.05, 4.69) is 15.1 Å². The van der Waals surface area contributed by atoms with Crippen LogP contribution < -0.4 is 9.64 Å². The van der Waals surface area contributed by atoms with Gasteiger partial charge in [-0.25, -0.2) is 8.42 Å². The lowest BCUT2D eigenvalue weighted by Gasteiger charge is -2.36. The number of piperazine rings is 1. The summed E-state index contributed by atoms with van der Waals surface area (Å²) >= 11 is 0. The van der Waals surface area contributed by atoms with E-state index in [0.29, 0.717) is 44.0 Å². The molecular formula is C19H28N6O4S. The van der Waals surface area contributed by atoms with Gasteiger partial charge >= 0.3 is 0 Å². The first-order chi connectivity index (χ1) is 14.2. The minimum Gasteiger partial charge on any atom is -0.479 e.